The van der Waals surface area contributed by atoms with E-state index in [9.17, 15) is 0 Å². The maximum Gasteiger partial charge on any atom is 0.0434 e. The molecule has 2 heteroatoms. The van der Waals surface area contributed by atoms with E-state index in [2.05, 4.69) is 24.0 Å². The van der Waals surface area contributed by atoms with Crippen molar-refractivity contribution >= 4 is 0 Å². The van der Waals surface area contributed by atoms with Crippen LogP contribution in [0, 0.1) is 11.8 Å². The van der Waals surface area contributed by atoms with E-state index >= 15 is 0 Å². The summed E-state index contributed by atoms with van der Waals surface area (Å²) in [5, 5.41) is 8.69. The van der Waals surface area contributed by atoms with E-state index in [1.807, 2.05) is 12.1 Å². The summed E-state index contributed by atoms with van der Waals surface area (Å²) < 4.78 is 0. The van der Waals surface area contributed by atoms with Gasteiger partial charge in [-0.15, -0.1) is 0 Å². The summed E-state index contributed by atoms with van der Waals surface area (Å²) in [5.41, 5.74) is 7.61. The highest BCUT2D eigenvalue weighted by atomic mass is 16.2. The van der Waals surface area contributed by atoms with Crippen LogP contribution in [-0.2, 0) is 6.42 Å². The van der Waals surface area contributed by atoms with Gasteiger partial charge in [-0.25, -0.2) is 0 Å². The van der Waals surface area contributed by atoms with Crippen molar-refractivity contribution in [2.45, 2.75) is 19.3 Å². The van der Waals surface area contributed by atoms with Gasteiger partial charge in [0.1, 0.15) is 0 Å². The van der Waals surface area contributed by atoms with E-state index in [-0.39, 0.29) is 6.61 Å². The fraction of sp³-hybridized carbons (Fsp3) is 0.385. The highest BCUT2D eigenvalue weighted by Crippen LogP contribution is 2.05. The zero-order chi connectivity index (χ0) is 10.9. The highest BCUT2D eigenvalue weighted by Gasteiger charge is 1.92. The molecule has 1 aromatic carbocycles. The van der Waals surface area contributed by atoms with Crippen LogP contribution in [0.5, 0.6) is 0 Å². The maximum atomic E-state index is 8.69. The van der Waals surface area contributed by atoms with Gasteiger partial charge < -0.3 is 10.8 Å². The fourth-order valence-electron chi connectivity index (χ4n) is 1.27. The van der Waals surface area contributed by atoms with E-state index < -0.39 is 0 Å². The smallest absolute Gasteiger partial charge is 0.0434 e. The number of aliphatic hydroxyl groups is 1. The minimum atomic E-state index is 0.248. The Hall–Kier alpha value is -1.30. The lowest BCUT2D eigenvalue weighted by Gasteiger charge is -1.98. The predicted octanol–water partition coefficient (Wildman–Crippen LogP) is 1.31. The lowest BCUT2D eigenvalue weighted by atomic mass is 10.1. The third kappa shape index (κ3) is 4.64. The Morgan fingerprint density at radius 3 is 2.53 bits per heavy atom. The first-order chi connectivity index (χ1) is 7.36. The summed E-state index contributed by atoms with van der Waals surface area (Å²) in [6.45, 7) is 0.861. The fourth-order valence-corrected chi connectivity index (χ4v) is 1.27. The van der Waals surface area contributed by atoms with Crippen molar-refractivity contribution in [3.05, 3.63) is 35.4 Å². The van der Waals surface area contributed by atoms with Gasteiger partial charge in [-0.3, -0.25) is 0 Å². The first-order valence-corrected chi connectivity index (χ1v) is 5.25. The molecule has 15 heavy (non-hydrogen) atoms. The van der Waals surface area contributed by atoms with Crippen molar-refractivity contribution in [3.8, 4) is 11.8 Å². The zero-order valence-corrected chi connectivity index (χ0v) is 8.87. The molecule has 0 aromatic heterocycles. The number of hydrogen-bond donors (Lipinski definition) is 2. The van der Waals surface area contributed by atoms with Crippen molar-refractivity contribution < 1.29 is 5.11 Å². The third-order valence-electron chi connectivity index (χ3n) is 2.08. The van der Waals surface area contributed by atoms with Gasteiger partial charge in [0.2, 0.25) is 0 Å². The molecule has 2 nitrogen and oxygen atoms in total. The number of nitrogens with two attached hydrogens (primary N) is 1. The lowest BCUT2D eigenvalue weighted by Crippen LogP contribution is -1.95. The minimum Gasteiger partial charge on any atom is -0.396 e. The molecule has 0 aliphatic rings. The van der Waals surface area contributed by atoms with Gasteiger partial charge in [-0.2, -0.15) is 0 Å². The molecule has 80 valence electrons. The van der Waals surface area contributed by atoms with Crippen LogP contribution in [0.1, 0.15) is 24.0 Å². The first kappa shape index (κ1) is 11.8. The van der Waals surface area contributed by atoms with Gasteiger partial charge in [0, 0.05) is 25.1 Å². The van der Waals surface area contributed by atoms with Crippen LogP contribution >= 0.6 is 0 Å². The Morgan fingerprint density at radius 1 is 1.20 bits per heavy atom. The molecule has 1 aromatic rings. The third-order valence-corrected chi connectivity index (χ3v) is 2.08. The van der Waals surface area contributed by atoms with Gasteiger partial charge in [0.05, 0.1) is 0 Å². The highest BCUT2D eigenvalue weighted by molar-refractivity contribution is 5.36. The molecule has 0 unspecified atom stereocenters. The van der Waals surface area contributed by atoms with Gasteiger partial charge in [0.25, 0.3) is 0 Å². The Bertz CT molecular complexity index is 332. The predicted molar refractivity (Wildman–Crippen MR) is 62.4 cm³/mol. The second-order valence-corrected chi connectivity index (χ2v) is 3.36. The molecule has 1 rings (SSSR count). The van der Waals surface area contributed by atoms with E-state index in [4.69, 9.17) is 10.8 Å². The van der Waals surface area contributed by atoms with Crippen molar-refractivity contribution in [1.29, 1.82) is 0 Å². The number of benzene rings is 1. The van der Waals surface area contributed by atoms with Crippen molar-refractivity contribution in [3.63, 3.8) is 0 Å². The molecule has 0 saturated carbocycles. The summed E-state index contributed by atoms with van der Waals surface area (Å²) >= 11 is 0. The van der Waals surface area contributed by atoms with E-state index in [0.717, 1.165) is 24.8 Å². The summed E-state index contributed by atoms with van der Waals surface area (Å²) in [6.07, 6.45) is 2.48. The molecule has 0 saturated heterocycles. The molecule has 0 aliphatic heterocycles. The van der Waals surface area contributed by atoms with Gasteiger partial charge in [-0.1, -0.05) is 24.0 Å². The minimum absolute atomic E-state index is 0.248. The Balaban J connectivity index is 2.53. The van der Waals surface area contributed by atoms with E-state index in [0.29, 0.717) is 6.54 Å². The lowest BCUT2D eigenvalue weighted by molar-refractivity contribution is 0.288. The van der Waals surface area contributed by atoms with Gasteiger partial charge >= 0.3 is 0 Å². The molecule has 0 bridgehead atoms. The zero-order valence-electron chi connectivity index (χ0n) is 8.87. The van der Waals surface area contributed by atoms with Crippen LogP contribution in [-0.4, -0.2) is 18.3 Å². The summed E-state index contributed by atoms with van der Waals surface area (Å²) in [6, 6.07) is 8.14. The van der Waals surface area contributed by atoms with Crippen LogP contribution in [0.15, 0.2) is 24.3 Å². The standard InChI is InChI=1S/C13H17NO/c14-10-2-1-4-12-6-8-13(9-7-12)5-3-11-15/h6-9,15H,2-3,5,10-11,14H2. The van der Waals surface area contributed by atoms with Gasteiger partial charge in [-0.05, 0) is 30.5 Å². The number of aliphatic hydroxyl groups excluding tert-OH is 1. The number of rotatable bonds is 4. The molecule has 0 amide bonds. The Labute approximate surface area is 91.1 Å². The van der Waals surface area contributed by atoms with Crippen molar-refractivity contribution in [2.24, 2.45) is 5.73 Å². The SMILES string of the molecule is NCCC#Cc1ccc(CCCO)cc1. The average Bonchev–Trinajstić information content (AvgIpc) is 2.28. The van der Waals surface area contributed by atoms with Crippen LogP contribution in [0.4, 0.5) is 0 Å². The van der Waals surface area contributed by atoms with Crippen LogP contribution in [0.3, 0.4) is 0 Å². The molecule has 0 radical (unpaired) electrons. The molecular formula is C13H17NO. The average molecular weight is 203 g/mol. The molecule has 0 spiro atoms. The summed E-state index contributed by atoms with van der Waals surface area (Å²) in [5.74, 6) is 6.05. The van der Waals surface area contributed by atoms with Gasteiger partial charge in [0.15, 0.2) is 0 Å². The van der Waals surface area contributed by atoms with E-state index in [1.54, 1.807) is 0 Å². The normalized spacial score (nSPS) is 9.47. The second kappa shape index (κ2) is 7.05. The second-order valence-electron chi connectivity index (χ2n) is 3.36. The maximum absolute atomic E-state index is 8.69. The molecular weight excluding hydrogens is 186 g/mol. The number of aryl methyl sites for hydroxylation is 1. The first-order valence-electron chi connectivity index (χ1n) is 5.25. The van der Waals surface area contributed by atoms with E-state index in [1.165, 1.54) is 5.56 Å². The van der Waals surface area contributed by atoms with Crippen molar-refractivity contribution in [2.75, 3.05) is 13.2 Å². The molecule has 0 aliphatic carbocycles. The molecule has 0 fully saturated rings. The van der Waals surface area contributed by atoms with Crippen LogP contribution in [0.2, 0.25) is 0 Å². The van der Waals surface area contributed by atoms with Crippen LogP contribution in [0.25, 0.3) is 0 Å². The molecule has 3 N–H and O–H groups in total. The molecule has 0 atom stereocenters. The monoisotopic (exact) mass is 203 g/mol. The molecule has 0 heterocycles. The largest absolute Gasteiger partial charge is 0.396 e. The summed E-state index contributed by atoms with van der Waals surface area (Å²) in [7, 11) is 0. The Kier molecular flexibility index (Phi) is 5.54. The Morgan fingerprint density at radius 2 is 1.93 bits per heavy atom. The topological polar surface area (TPSA) is 46.2 Å². The van der Waals surface area contributed by atoms with Crippen LogP contribution < -0.4 is 5.73 Å². The number of hydrogen-bond acceptors (Lipinski definition) is 2. The summed E-state index contributed by atoms with van der Waals surface area (Å²) in [4.78, 5) is 0. The quantitative estimate of drug-likeness (QED) is 0.725. The van der Waals surface area contributed by atoms with Crippen molar-refractivity contribution in [1.82, 2.24) is 0 Å².